The van der Waals surface area contributed by atoms with Crippen molar-refractivity contribution in [1.82, 2.24) is 0 Å². The summed E-state index contributed by atoms with van der Waals surface area (Å²) in [5.74, 6) is -0.330. The summed E-state index contributed by atoms with van der Waals surface area (Å²) in [5, 5.41) is 0. The zero-order valence-corrected chi connectivity index (χ0v) is 8.22. The Morgan fingerprint density at radius 1 is 1.50 bits per heavy atom. The van der Waals surface area contributed by atoms with Crippen LogP contribution in [0.25, 0.3) is 0 Å². The Kier molecular flexibility index (Phi) is 4.64. The van der Waals surface area contributed by atoms with Crippen LogP contribution in [0, 0.1) is 5.41 Å². The molecule has 0 aromatic carbocycles. The van der Waals surface area contributed by atoms with Crippen LogP contribution in [-0.4, -0.2) is 12.6 Å². The number of rotatable bonds is 5. The molecule has 0 spiro atoms. The van der Waals surface area contributed by atoms with Gasteiger partial charge in [0, 0.05) is 11.5 Å². The minimum Gasteiger partial charge on any atom is -0.462 e. The van der Waals surface area contributed by atoms with E-state index in [4.69, 9.17) is 4.74 Å². The van der Waals surface area contributed by atoms with Gasteiger partial charge in [-0.2, -0.15) is 0 Å². The highest BCUT2D eigenvalue weighted by Gasteiger charge is 2.20. The third-order valence-corrected chi connectivity index (χ3v) is 2.44. The molecule has 0 atom stereocenters. The summed E-state index contributed by atoms with van der Waals surface area (Å²) in [6.07, 6.45) is 3.24. The zero-order chi connectivity index (χ0) is 9.61. The number of carbonyl (C=O) groups is 1. The fourth-order valence-electron chi connectivity index (χ4n) is 0.758. The molecule has 0 fully saturated rings. The molecule has 0 aliphatic heterocycles. The summed E-state index contributed by atoms with van der Waals surface area (Å²) in [4.78, 5) is 10.8. The van der Waals surface area contributed by atoms with Gasteiger partial charge in [0.25, 0.3) is 0 Å². The molecule has 0 amide bonds. The average Bonchev–Trinajstić information content (AvgIpc) is 2.13. The first kappa shape index (κ1) is 11.2. The first-order valence-electron chi connectivity index (χ1n) is 4.37. The lowest BCUT2D eigenvalue weighted by Crippen LogP contribution is -2.23. The summed E-state index contributed by atoms with van der Waals surface area (Å²) in [6, 6.07) is 0. The van der Waals surface area contributed by atoms with Crippen LogP contribution in [0.2, 0.25) is 0 Å². The molecule has 2 nitrogen and oxygen atoms in total. The molecule has 0 radical (unpaired) electrons. The van der Waals surface area contributed by atoms with Gasteiger partial charge in [-0.15, -0.1) is 0 Å². The summed E-state index contributed by atoms with van der Waals surface area (Å²) >= 11 is 0. The number of esters is 1. The first-order chi connectivity index (χ1) is 5.58. The third-order valence-electron chi connectivity index (χ3n) is 2.44. The molecular weight excluding hydrogens is 152 g/mol. The van der Waals surface area contributed by atoms with Crippen molar-refractivity contribution >= 4 is 5.97 Å². The van der Waals surface area contributed by atoms with Gasteiger partial charge in [-0.1, -0.05) is 27.4 Å². The van der Waals surface area contributed by atoms with E-state index in [9.17, 15) is 4.79 Å². The Hall–Kier alpha value is -0.790. The fraction of sp³-hybridized carbons (Fsp3) is 0.700. The summed E-state index contributed by atoms with van der Waals surface area (Å²) < 4.78 is 4.98. The van der Waals surface area contributed by atoms with Crippen molar-refractivity contribution in [3.05, 3.63) is 12.7 Å². The van der Waals surface area contributed by atoms with Crippen LogP contribution in [0.15, 0.2) is 12.7 Å². The van der Waals surface area contributed by atoms with E-state index in [1.807, 2.05) is 0 Å². The lowest BCUT2D eigenvalue weighted by Gasteiger charge is -2.25. The normalized spacial score (nSPS) is 10.9. The molecular formula is C10H18O2. The van der Waals surface area contributed by atoms with E-state index >= 15 is 0 Å². The van der Waals surface area contributed by atoms with Crippen LogP contribution < -0.4 is 0 Å². The molecule has 70 valence electrons. The van der Waals surface area contributed by atoms with E-state index in [1.165, 1.54) is 6.08 Å². The molecule has 0 unspecified atom stereocenters. The van der Waals surface area contributed by atoms with Crippen molar-refractivity contribution in [2.45, 2.75) is 33.6 Å². The Morgan fingerprint density at radius 3 is 2.33 bits per heavy atom. The maximum Gasteiger partial charge on any atom is 0.330 e. The van der Waals surface area contributed by atoms with Crippen molar-refractivity contribution in [3.8, 4) is 0 Å². The van der Waals surface area contributed by atoms with Gasteiger partial charge < -0.3 is 4.74 Å². The molecule has 0 aliphatic rings. The van der Waals surface area contributed by atoms with E-state index in [0.29, 0.717) is 6.61 Å². The minimum absolute atomic E-state index is 0.124. The second-order valence-electron chi connectivity index (χ2n) is 3.33. The Bertz CT molecular complexity index is 157. The molecule has 0 rings (SSSR count). The molecule has 2 heteroatoms. The average molecular weight is 170 g/mol. The Morgan fingerprint density at radius 2 is 2.00 bits per heavy atom. The molecule has 0 saturated heterocycles. The van der Waals surface area contributed by atoms with Crippen LogP contribution in [0.4, 0.5) is 0 Å². The zero-order valence-electron chi connectivity index (χ0n) is 8.22. The fourth-order valence-corrected chi connectivity index (χ4v) is 0.758. The van der Waals surface area contributed by atoms with Gasteiger partial charge in [-0.25, -0.2) is 4.79 Å². The predicted molar refractivity (Wildman–Crippen MR) is 49.8 cm³/mol. The smallest absolute Gasteiger partial charge is 0.330 e. The highest BCUT2D eigenvalue weighted by atomic mass is 16.5. The van der Waals surface area contributed by atoms with Gasteiger partial charge in [0.05, 0.1) is 6.61 Å². The lowest BCUT2D eigenvalue weighted by molar-refractivity contribution is -0.141. The van der Waals surface area contributed by atoms with E-state index in [-0.39, 0.29) is 11.4 Å². The molecule has 0 aliphatic carbocycles. The van der Waals surface area contributed by atoms with E-state index in [1.54, 1.807) is 0 Å². The van der Waals surface area contributed by atoms with Gasteiger partial charge in [0.2, 0.25) is 0 Å². The van der Waals surface area contributed by atoms with E-state index in [0.717, 1.165) is 12.8 Å². The Balaban J connectivity index is 3.88. The van der Waals surface area contributed by atoms with Crippen LogP contribution in [0.5, 0.6) is 0 Å². The number of hydrogen-bond acceptors (Lipinski definition) is 2. The maximum absolute atomic E-state index is 10.8. The number of ether oxygens (including phenoxy) is 1. The van der Waals surface area contributed by atoms with Gasteiger partial charge in [0.1, 0.15) is 0 Å². The highest BCUT2D eigenvalue weighted by molar-refractivity contribution is 5.81. The molecule has 12 heavy (non-hydrogen) atoms. The van der Waals surface area contributed by atoms with Crippen LogP contribution in [0.1, 0.15) is 33.6 Å². The largest absolute Gasteiger partial charge is 0.462 e. The third kappa shape index (κ3) is 3.56. The van der Waals surface area contributed by atoms with Crippen molar-refractivity contribution in [2.24, 2.45) is 5.41 Å². The molecule has 0 aromatic rings. The lowest BCUT2D eigenvalue weighted by atomic mass is 9.86. The van der Waals surface area contributed by atoms with Gasteiger partial charge >= 0.3 is 5.97 Å². The predicted octanol–water partition coefficient (Wildman–Crippen LogP) is 2.54. The van der Waals surface area contributed by atoms with E-state index in [2.05, 4.69) is 27.4 Å². The first-order valence-corrected chi connectivity index (χ1v) is 4.37. The standard InChI is InChI=1S/C10H18O2/c1-5-9(11)12-8-10(4,6-2)7-3/h5H,1,6-8H2,2-4H3. The molecule has 0 bridgehead atoms. The maximum atomic E-state index is 10.8. The monoisotopic (exact) mass is 170 g/mol. The topological polar surface area (TPSA) is 26.3 Å². The molecule has 0 aromatic heterocycles. The van der Waals surface area contributed by atoms with Crippen LogP contribution >= 0.6 is 0 Å². The van der Waals surface area contributed by atoms with Crippen molar-refractivity contribution in [1.29, 1.82) is 0 Å². The highest BCUT2D eigenvalue weighted by Crippen LogP contribution is 2.25. The number of carbonyl (C=O) groups excluding carboxylic acids is 1. The van der Waals surface area contributed by atoms with Gasteiger partial charge in [0.15, 0.2) is 0 Å². The number of hydrogen-bond donors (Lipinski definition) is 0. The second kappa shape index (κ2) is 4.96. The SMILES string of the molecule is C=CC(=O)OCC(C)(CC)CC. The Labute approximate surface area is 74.6 Å². The van der Waals surface area contributed by atoms with Gasteiger partial charge in [-0.05, 0) is 12.8 Å². The van der Waals surface area contributed by atoms with Crippen molar-refractivity contribution < 1.29 is 9.53 Å². The molecule has 0 heterocycles. The van der Waals surface area contributed by atoms with Crippen molar-refractivity contribution in [3.63, 3.8) is 0 Å². The van der Waals surface area contributed by atoms with E-state index < -0.39 is 0 Å². The van der Waals surface area contributed by atoms with Gasteiger partial charge in [-0.3, -0.25) is 0 Å². The summed E-state index contributed by atoms with van der Waals surface area (Å²) in [6.45, 7) is 10.1. The van der Waals surface area contributed by atoms with Crippen LogP contribution in [0.3, 0.4) is 0 Å². The quantitative estimate of drug-likeness (QED) is 0.468. The van der Waals surface area contributed by atoms with Crippen molar-refractivity contribution in [2.75, 3.05) is 6.61 Å². The minimum atomic E-state index is -0.330. The second-order valence-corrected chi connectivity index (χ2v) is 3.33. The summed E-state index contributed by atoms with van der Waals surface area (Å²) in [7, 11) is 0. The molecule has 0 N–H and O–H groups in total. The van der Waals surface area contributed by atoms with Crippen LogP contribution in [-0.2, 0) is 9.53 Å². The summed E-state index contributed by atoms with van der Waals surface area (Å²) in [5.41, 5.74) is 0.124. The molecule has 0 saturated carbocycles.